The lowest BCUT2D eigenvalue weighted by molar-refractivity contribution is -0.385. The maximum atomic E-state index is 12.0. The van der Waals surface area contributed by atoms with Crippen LogP contribution in [0.2, 0.25) is 0 Å². The van der Waals surface area contributed by atoms with Gasteiger partial charge in [0.15, 0.2) is 12.4 Å². The molecule has 0 amide bonds. The van der Waals surface area contributed by atoms with Gasteiger partial charge in [-0.1, -0.05) is 0 Å². The highest BCUT2D eigenvalue weighted by Crippen LogP contribution is 2.28. The van der Waals surface area contributed by atoms with Gasteiger partial charge in [0.25, 0.3) is 0 Å². The Balaban J connectivity index is 2.17. The van der Waals surface area contributed by atoms with E-state index in [1.165, 1.54) is 30.6 Å². The van der Waals surface area contributed by atoms with Crippen LogP contribution in [0.15, 0.2) is 30.3 Å². The quantitative estimate of drug-likeness (QED) is 0.348. The molecule has 0 aliphatic rings. The van der Waals surface area contributed by atoms with E-state index in [4.69, 9.17) is 4.74 Å². The number of methoxy groups -OCH3 is 1. The van der Waals surface area contributed by atoms with Crippen molar-refractivity contribution in [3.63, 3.8) is 0 Å². The van der Waals surface area contributed by atoms with E-state index in [1.54, 1.807) is 6.07 Å². The molecule has 1 aromatic carbocycles. The van der Waals surface area contributed by atoms with Crippen molar-refractivity contribution in [3.05, 3.63) is 55.8 Å². The second-order valence-corrected chi connectivity index (χ2v) is 5.84. The van der Waals surface area contributed by atoms with Crippen LogP contribution in [0.25, 0.3) is 0 Å². The van der Waals surface area contributed by atoms with Gasteiger partial charge in [-0.25, -0.2) is 4.79 Å². The first kappa shape index (κ1) is 16.6. The monoisotopic (exact) mass is 335 g/mol. The normalized spacial score (nSPS) is 10.2. The molecule has 1 heterocycles. The number of Topliss-reactive ketones (excluding diaryl/α,β-unsaturated/α-hetero) is 1. The van der Waals surface area contributed by atoms with Crippen molar-refractivity contribution in [1.29, 1.82) is 0 Å². The Bertz CT molecular complexity index is 767. The van der Waals surface area contributed by atoms with Crippen LogP contribution in [0.4, 0.5) is 5.69 Å². The zero-order valence-corrected chi connectivity index (χ0v) is 13.2. The minimum Gasteiger partial charge on any atom is -0.478 e. The third-order valence-corrected chi connectivity index (χ3v) is 3.99. The summed E-state index contributed by atoms with van der Waals surface area (Å²) in [7, 11) is 1.18. The number of carbonyl (C=O) groups excluding carboxylic acids is 2. The highest BCUT2D eigenvalue weighted by molar-refractivity contribution is 7.14. The fraction of sp³-hybridized carbons (Fsp3) is 0.200. The molecule has 0 N–H and O–H groups in total. The third kappa shape index (κ3) is 3.92. The number of thiophene rings is 1. The fourth-order valence-corrected chi connectivity index (χ4v) is 2.62. The SMILES string of the molecule is COC(=O)c1ccc(OCC(=O)c2ccc(C)s2)c([N+](=O)[O-])c1. The van der Waals surface area contributed by atoms with Crippen molar-refractivity contribution in [1.82, 2.24) is 0 Å². The fourth-order valence-electron chi connectivity index (χ4n) is 1.83. The van der Waals surface area contributed by atoms with Gasteiger partial charge in [-0.15, -0.1) is 11.3 Å². The van der Waals surface area contributed by atoms with Crippen LogP contribution in [0.5, 0.6) is 5.75 Å². The largest absolute Gasteiger partial charge is 0.478 e. The number of nitro benzene ring substituents is 1. The van der Waals surface area contributed by atoms with Gasteiger partial charge in [0.1, 0.15) is 0 Å². The summed E-state index contributed by atoms with van der Waals surface area (Å²) in [5.74, 6) is -1.04. The number of rotatable bonds is 6. The van der Waals surface area contributed by atoms with Crippen molar-refractivity contribution in [2.45, 2.75) is 6.92 Å². The number of esters is 1. The van der Waals surface area contributed by atoms with Crippen LogP contribution >= 0.6 is 11.3 Å². The van der Waals surface area contributed by atoms with Gasteiger partial charge in [-0.3, -0.25) is 14.9 Å². The van der Waals surface area contributed by atoms with Crippen molar-refractivity contribution < 1.29 is 24.0 Å². The molecular weight excluding hydrogens is 322 g/mol. The first-order valence-corrected chi connectivity index (χ1v) is 7.33. The molecule has 0 bridgehead atoms. The third-order valence-electron chi connectivity index (χ3n) is 2.95. The molecule has 1 aromatic heterocycles. The van der Waals surface area contributed by atoms with Gasteiger partial charge >= 0.3 is 11.7 Å². The van der Waals surface area contributed by atoms with E-state index in [9.17, 15) is 19.7 Å². The minimum absolute atomic E-state index is 0.0340. The summed E-state index contributed by atoms with van der Waals surface area (Å²) in [6.45, 7) is 1.55. The molecule has 120 valence electrons. The summed E-state index contributed by atoms with van der Waals surface area (Å²) < 4.78 is 9.77. The Morgan fingerprint density at radius 3 is 2.57 bits per heavy atom. The van der Waals surface area contributed by atoms with Crippen molar-refractivity contribution >= 4 is 28.8 Å². The molecule has 0 atom stereocenters. The average molecular weight is 335 g/mol. The molecule has 0 saturated heterocycles. The minimum atomic E-state index is -0.690. The Morgan fingerprint density at radius 1 is 1.26 bits per heavy atom. The Morgan fingerprint density at radius 2 is 2.00 bits per heavy atom. The summed E-state index contributed by atoms with van der Waals surface area (Å²) in [6.07, 6.45) is 0. The molecule has 0 aliphatic carbocycles. The second kappa shape index (κ2) is 7.01. The molecule has 2 rings (SSSR count). The number of hydrogen-bond donors (Lipinski definition) is 0. The lowest BCUT2D eigenvalue weighted by Crippen LogP contribution is -2.11. The van der Waals surface area contributed by atoms with E-state index in [1.807, 2.05) is 13.0 Å². The molecule has 0 spiro atoms. The van der Waals surface area contributed by atoms with Crippen molar-refractivity contribution in [2.24, 2.45) is 0 Å². The maximum absolute atomic E-state index is 12.0. The van der Waals surface area contributed by atoms with Crippen molar-refractivity contribution in [3.8, 4) is 5.75 Å². The molecular formula is C15H13NO6S. The van der Waals surface area contributed by atoms with E-state index in [2.05, 4.69) is 4.74 Å². The molecule has 23 heavy (non-hydrogen) atoms. The lowest BCUT2D eigenvalue weighted by atomic mass is 10.2. The first-order chi connectivity index (χ1) is 10.9. The van der Waals surface area contributed by atoms with Crippen LogP contribution in [-0.2, 0) is 4.74 Å². The van der Waals surface area contributed by atoms with Crippen LogP contribution in [0.1, 0.15) is 24.9 Å². The molecule has 0 aliphatic heterocycles. The zero-order valence-electron chi connectivity index (χ0n) is 12.4. The van der Waals surface area contributed by atoms with E-state index >= 15 is 0 Å². The highest BCUT2D eigenvalue weighted by atomic mass is 32.1. The number of aryl methyl sites for hydroxylation is 1. The number of nitrogens with zero attached hydrogens (tertiary/aromatic N) is 1. The molecule has 8 heteroatoms. The molecule has 2 aromatic rings. The van der Waals surface area contributed by atoms with Gasteiger partial charge < -0.3 is 9.47 Å². The standard InChI is InChI=1S/C15H13NO6S/c1-9-3-6-14(23-9)12(17)8-22-13-5-4-10(15(18)21-2)7-11(13)16(19)20/h3-7H,8H2,1-2H3. The van der Waals surface area contributed by atoms with Gasteiger partial charge in [0.2, 0.25) is 5.78 Å². The molecule has 0 saturated carbocycles. The Hall–Kier alpha value is -2.74. The zero-order chi connectivity index (χ0) is 17.0. The number of ether oxygens (including phenoxy) is 2. The van der Waals surface area contributed by atoms with Crippen molar-refractivity contribution in [2.75, 3.05) is 13.7 Å². The smallest absolute Gasteiger partial charge is 0.338 e. The average Bonchev–Trinajstić information content (AvgIpc) is 2.98. The second-order valence-electron chi connectivity index (χ2n) is 4.55. The number of ketones is 1. The van der Waals surface area contributed by atoms with E-state index in [0.29, 0.717) is 4.88 Å². The maximum Gasteiger partial charge on any atom is 0.338 e. The number of benzene rings is 1. The predicted molar refractivity (Wildman–Crippen MR) is 83.3 cm³/mol. The van der Waals surface area contributed by atoms with Gasteiger partial charge in [-0.05, 0) is 31.2 Å². The van der Waals surface area contributed by atoms with Crippen LogP contribution in [0.3, 0.4) is 0 Å². The summed E-state index contributed by atoms with van der Waals surface area (Å²) in [4.78, 5) is 35.3. The number of hydrogen-bond acceptors (Lipinski definition) is 7. The topological polar surface area (TPSA) is 95.7 Å². The summed E-state index contributed by atoms with van der Waals surface area (Å²) in [5.41, 5.74) is -0.366. The van der Waals surface area contributed by atoms with Crippen LogP contribution in [0, 0.1) is 17.0 Å². The van der Waals surface area contributed by atoms with Gasteiger partial charge in [0.05, 0.1) is 22.5 Å². The number of nitro groups is 1. The summed E-state index contributed by atoms with van der Waals surface area (Å²) >= 11 is 1.33. The number of carbonyl (C=O) groups is 2. The molecule has 7 nitrogen and oxygen atoms in total. The molecule has 0 radical (unpaired) electrons. The Labute approximate surface area is 135 Å². The van der Waals surface area contributed by atoms with Gasteiger partial charge in [-0.2, -0.15) is 0 Å². The summed E-state index contributed by atoms with van der Waals surface area (Å²) in [6, 6.07) is 7.16. The van der Waals surface area contributed by atoms with Crippen LogP contribution < -0.4 is 4.74 Å². The van der Waals surface area contributed by atoms with E-state index in [-0.39, 0.29) is 23.7 Å². The highest BCUT2D eigenvalue weighted by Gasteiger charge is 2.20. The molecule has 0 unspecified atom stereocenters. The first-order valence-electron chi connectivity index (χ1n) is 6.51. The summed E-state index contributed by atoms with van der Waals surface area (Å²) in [5, 5.41) is 11.1. The lowest BCUT2D eigenvalue weighted by Gasteiger charge is -2.07. The van der Waals surface area contributed by atoms with E-state index < -0.39 is 16.6 Å². The van der Waals surface area contributed by atoms with Gasteiger partial charge in [0, 0.05) is 10.9 Å². The predicted octanol–water partition coefficient (Wildman–Crippen LogP) is 3.01. The molecule has 0 fully saturated rings. The Kier molecular flexibility index (Phi) is 5.07. The van der Waals surface area contributed by atoms with E-state index in [0.717, 1.165) is 10.9 Å². The van der Waals surface area contributed by atoms with Crippen LogP contribution in [-0.4, -0.2) is 30.4 Å².